The van der Waals surface area contributed by atoms with Crippen LogP contribution < -0.4 is 9.47 Å². The molecule has 112 valence electrons. The van der Waals surface area contributed by atoms with Gasteiger partial charge in [-0.05, 0) is 19.9 Å². The predicted octanol–water partition coefficient (Wildman–Crippen LogP) is 3.58. The first-order valence-corrected chi connectivity index (χ1v) is 7.12. The van der Waals surface area contributed by atoms with Crippen molar-refractivity contribution in [3.63, 3.8) is 0 Å². The van der Waals surface area contributed by atoms with Gasteiger partial charge in [0, 0.05) is 22.9 Å². The van der Waals surface area contributed by atoms with Crippen LogP contribution in [0.15, 0.2) is 18.2 Å². The van der Waals surface area contributed by atoms with Gasteiger partial charge in [-0.25, -0.2) is 0 Å². The summed E-state index contributed by atoms with van der Waals surface area (Å²) < 4.78 is 16.9. The Balaban J connectivity index is 2.44. The first-order chi connectivity index (χ1) is 10.1. The van der Waals surface area contributed by atoms with Crippen LogP contribution in [0.5, 0.6) is 17.2 Å². The summed E-state index contributed by atoms with van der Waals surface area (Å²) >= 11 is 0. The lowest BCUT2D eigenvalue weighted by Gasteiger charge is -2.31. The second kappa shape index (κ2) is 5.11. The van der Waals surface area contributed by atoms with E-state index in [1.54, 1.807) is 14.2 Å². The summed E-state index contributed by atoms with van der Waals surface area (Å²) in [6.07, 6.45) is 0.652. The second-order valence-electron chi connectivity index (χ2n) is 5.45. The summed E-state index contributed by atoms with van der Waals surface area (Å²) in [7, 11) is 3.26. The maximum Gasteiger partial charge on any atom is 0.133 e. The lowest BCUT2D eigenvalue weighted by Crippen LogP contribution is -2.23. The highest BCUT2D eigenvalue weighted by Gasteiger charge is 2.31. The molecule has 0 aromatic heterocycles. The summed E-state index contributed by atoms with van der Waals surface area (Å²) in [4.78, 5) is 0. The van der Waals surface area contributed by atoms with Gasteiger partial charge in [-0.1, -0.05) is 12.1 Å². The largest absolute Gasteiger partial charge is 0.507 e. The van der Waals surface area contributed by atoms with Crippen LogP contribution >= 0.6 is 0 Å². The van der Waals surface area contributed by atoms with E-state index in [0.29, 0.717) is 11.1 Å². The van der Waals surface area contributed by atoms with E-state index in [2.05, 4.69) is 0 Å². The van der Waals surface area contributed by atoms with Crippen LogP contribution in [-0.4, -0.2) is 25.4 Å². The fourth-order valence-corrected chi connectivity index (χ4v) is 3.32. The Morgan fingerprint density at radius 2 is 1.95 bits per heavy atom. The number of fused-ring (bicyclic) bond motifs is 2. The van der Waals surface area contributed by atoms with Gasteiger partial charge in [0.25, 0.3) is 0 Å². The molecule has 0 bridgehead atoms. The Bertz CT molecular complexity index is 693. The Hall–Kier alpha value is -1.94. The molecule has 0 radical (unpaired) electrons. The Morgan fingerprint density at radius 1 is 1.19 bits per heavy atom. The van der Waals surface area contributed by atoms with Gasteiger partial charge in [0.15, 0.2) is 0 Å². The minimum Gasteiger partial charge on any atom is -0.507 e. The molecular formula is C17H20O4. The maximum atomic E-state index is 10.8. The molecule has 0 saturated carbocycles. The lowest BCUT2D eigenvalue weighted by atomic mass is 9.89. The topological polar surface area (TPSA) is 47.9 Å². The van der Waals surface area contributed by atoms with Gasteiger partial charge in [0.1, 0.15) is 17.2 Å². The van der Waals surface area contributed by atoms with E-state index in [9.17, 15) is 5.11 Å². The summed E-state index contributed by atoms with van der Waals surface area (Å²) in [5, 5.41) is 12.3. The number of hydrogen-bond donors (Lipinski definition) is 1. The van der Waals surface area contributed by atoms with E-state index in [1.165, 1.54) is 0 Å². The molecule has 0 amide bonds. The Morgan fingerprint density at radius 3 is 2.62 bits per heavy atom. The highest BCUT2D eigenvalue weighted by molar-refractivity contribution is 6.00. The van der Waals surface area contributed by atoms with Crippen LogP contribution in [0, 0.1) is 0 Å². The van der Waals surface area contributed by atoms with Crippen molar-refractivity contribution in [2.24, 2.45) is 0 Å². The molecule has 0 fully saturated rings. The quantitative estimate of drug-likeness (QED) is 0.917. The molecule has 0 aliphatic carbocycles. The summed E-state index contributed by atoms with van der Waals surface area (Å²) in [6, 6.07) is 5.69. The average Bonchev–Trinajstić information content (AvgIpc) is 2.46. The average molecular weight is 288 g/mol. The molecule has 2 atom stereocenters. The van der Waals surface area contributed by atoms with Crippen LogP contribution in [0.25, 0.3) is 10.8 Å². The first-order valence-electron chi connectivity index (χ1n) is 7.12. The van der Waals surface area contributed by atoms with Crippen LogP contribution in [0.1, 0.15) is 31.1 Å². The highest BCUT2D eigenvalue weighted by atomic mass is 16.5. The third-order valence-electron chi connectivity index (χ3n) is 4.12. The molecule has 3 rings (SSSR count). The Labute approximate surface area is 124 Å². The minimum atomic E-state index is -0.174. The maximum absolute atomic E-state index is 10.8. The van der Waals surface area contributed by atoms with Gasteiger partial charge < -0.3 is 19.3 Å². The summed E-state index contributed by atoms with van der Waals surface area (Å²) in [5.41, 5.74) is 1.84. The van der Waals surface area contributed by atoms with Crippen LogP contribution in [0.3, 0.4) is 0 Å². The molecule has 2 aromatic carbocycles. The number of ether oxygens (including phenoxy) is 3. The van der Waals surface area contributed by atoms with Crippen LogP contribution in [0.2, 0.25) is 0 Å². The number of phenolic OH excluding ortho intramolecular Hbond substituents is 1. The van der Waals surface area contributed by atoms with E-state index in [4.69, 9.17) is 14.2 Å². The molecule has 1 heterocycles. The van der Waals surface area contributed by atoms with E-state index in [0.717, 1.165) is 28.7 Å². The van der Waals surface area contributed by atoms with Crippen LogP contribution in [-0.2, 0) is 11.2 Å². The van der Waals surface area contributed by atoms with Crippen molar-refractivity contribution in [2.75, 3.05) is 14.2 Å². The monoisotopic (exact) mass is 288 g/mol. The van der Waals surface area contributed by atoms with E-state index < -0.39 is 0 Å². The normalized spacial score (nSPS) is 21.1. The SMILES string of the molecule is COc1c2c(c(O)c3c(OC)cccc13)[C@@H](C)O[C@H](C)C2. The second-order valence-corrected chi connectivity index (χ2v) is 5.45. The molecule has 0 saturated heterocycles. The molecule has 1 aliphatic heterocycles. The minimum absolute atomic E-state index is 0.101. The van der Waals surface area contributed by atoms with Crippen molar-refractivity contribution in [1.82, 2.24) is 0 Å². The first kappa shape index (κ1) is 14.0. The highest BCUT2D eigenvalue weighted by Crippen LogP contribution is 2.49. The van der Waals surface area contributed by atoms with Gasteiger partial charge in [-0.15, -0.1) is 0 Å². The van der Waals surface area contributed by atoms with Crippen molar-refractivity contribution < 1.29 is 19.3 Å². The molecule has 0 unspecified atom stereocenters. The van der Waals surface area contributed by atoms with Gasteiger partial charge in [-0.3, -0.25) is 0 Å². The van der Waals surface area contributed by atoms with E-state index in [1.807, 2.05) is 32.0 Å². The van der Waals surface area contributed by atoms with Crippen molar-refractivity contribution in [2.45, 2.75) is 32.5 Å². The van der Waals surface area contributed by atoms with Crippen molar-refractivity contribution >= 4 is 10.8 Å². The Kier molecular flexibility index (Phi) is 3.41. The lowest BCUT2D eigenvalue weighted by molar-refractivity contribution is -0.00644. The summed E-state index contributed by atoms with van der Waals surface area (Å²) in [6.45, 7) is 3.99. The number of methoxy groups -OCH3 is 2. The standard InChI is InChI=1S/C17H20O4/c1-9-8-12-14(10(2)21-9)16(18)15-11(17(12)20-4)6-5-7-13(15)19-3/h5-7,9-10,18H,8H2,1-4H3/t9-,10-/m1/s1. The van der Waals surface area contributed by atoms with Crippen LogP contribution in [0.4, 0.5) is 0 Å². The number of rotatable bonds is 2. The molecule has 0 spiro atoms. The van der Waals surface area contributed by atoms with E-state index >= 15 is 0 Å². The third kappa shape index (κ3) is 2.02. The zero-order valence-electron chi connectivity index (χ0n) is 12.8. The molecule has 1 aliphatic rings. The number of aromatic hydroxyl groups is 1. The molecule has 1 N–H and O–H groups in total. The number of hydrogen-bond acceptors (Lipinski definition) is 4. The van der Waals surface area contributed by atoms with Crippen molar-refractivity contribution in [1.29, 1.82) is 0 Å². The zero-order chi connectivity index (χ0) is 15.1. The smallest absolute Gasteiger partial charge is 0.133 e. The van der Waals surface area contributed by atoms with Gasteiger partial charge >= 0.3 is 0 Å². The number of benzene rings is 2. The molecule has 4 nitrogen and oxygen atoms in total. The van der Waals surface area contributed by atoms with Gasteiger partial charge in [-0.2, -0.15) is 0 Å². The zero-order valence-corrected chi connectivity index (χ0v) is 12.8. The number of phenols is 1. The molecular weight excluding hydrogens is 268 g/mol. The predicted molar refractivity (Wildman–Crippen MR) is 81.4 cm³/mol. The van der Waals surface area contributed by atoms with Gasteiger partial charge in [0.05, 0.1) is 31.8 Å². The van der Waals surface area contributed by atoms with E-state index in [-0.39, 0.29) is 18.0 Å². The molecule has 4 heteroatoms. The fourth-order valence-electron chi connectivity index (χ4n) is 3.32. The summed E-state index contributed by atoms with van der Waals surface area (Å²) in [5.74, 6) is 1.67. The van der Waals surface area contributed by atoms with Crippen molar-refractivity contribution in [3.05, 3.63) is 29.3 Å². The third-order valence-corrected chi connectivity index (χ3v) is 4.12. The van der Waals surface area contributed by atoms with Gasteiger partial charge in [0.2, 0.25) is 0 Å². The fraction of sp³-hybridized carbons (Fsp3) is 0.412. The molecule has 2 aromatic rings. The van der Waals surface area contributed by atoms with Crippen molar-refractivity contribution in [3.8, 4) is 17.2 Å². The molecule has 21 heavy (non-hydrogen) atoms.